The molecule has 1 aliphatic rings. The number of esters is 2. The first-order valence-corrected chi connectivity index (χ1v) is 7.56. The van der Waals surface area contributed by atoms with E-state index in [2.05, 4.69) is 0 Å². The van der Waals surface area contributed by atoms with Crippen molar-refractivity contribution in [2.75, 3.05) is 13.2 Å². The Morgan fingerprint density at radius 3 is 2.15 bits per heavy atom. The van der Waals surface area contributed by atoms with Gasteiger partial charge in [0, 0.05) is 0 Å². The van der Waals surface area contributed by atoms with Crippen molar-refractivity contribution in [1.29, 1.82) is 0 Å². The highest BCUT2D eigenvalue weighted by atomic mass is 16.6. The van der Waals surface area contributed by atoms with Gasteiger partial charge in [-0.15, -0.1) is 0 Å². The highest BCUT2D eigenvalue weighted by molar-refractivity contribution is 5.96. The van der Waals surface area contributed by atoms with E-state index in [4.69, 9.17) is 9.47 Å². The Bertz CT molecular complexity index is 323. The van der Waals surface area contributed by atoms with Gasteiger partial charge in [0.05, 0.1) is 18.8 Å². The van der Waals surface area contributed by atoms with Gasteiger partial charge in [0.1, 0.15) is 0 Å². The molecular weight excluding hydrogens is 260 g/mol. The standard InChI is InChI=1S/C15H26O5/c1-4-11-9-7-8-10-15(11,18)12(13(16)19-5-2)14(17)20-6-3/h11-12,18H,4-10H2,1-3H3. The van der Waals surface area contributed by atoms with Crippen LogP contribution in [0.25, 0.3) is 0 Å². The quantitative estimate of drug-likeness (QED) is 0.597. The zero-order chi connectivity index (χ0) is 15.2. The van der Waals surface area contributed by atoms with Crippen LogP contribution in [-0.2, 0) is 19.1 Å². The Hall–Kier alpha value is -1.10. The molecule has 0 amide bonds. The lowest BCUT2D eigenvalue weighted by Crippen LogP contribution is -2.54. The van der Waals surface area contributed by atoms with Crippen LogP contribution in [0.1, 0.15) is 52.9 Å². The van der Waals surface area contributed by atoms with Crippen molar-refractivity contribution in [1.82, 2.24) is 0 Å². The highest BCUT2D eigenvalue weighted by Crippen LogP contribution is 2.42. The summed E-state index contributed by atoms with van der Waals surface area (Å²) in [4.78, 5) is 24.3. The molecule has 2 unspecified atom stereocenters. The normalized spacial score (nSPS) is 26.4. The van der Waals surface area contributed by atoms with Crippen LogP contribution in [0.2, 0.25) is 0 Å². The fourth-order valence-corrected chi connectivity index (χ4v) is 3.15. The van der Waals surface area contributed by atoms with E-state index < -0.39 is 23.5 Å². The van der Waals surface area contributed by atoms with E-state index in [0.29, 0.717) is 6.42 Å². The smallest absolute Gasteiger partial charge is 0.323 e. The van der Waals surface area contributed by atoms with Crippen molar-refractivity contribution in [3.63, 3.8) is 0 Å². The molecule has 0 aliphatic heterocycles. The molecule has 0 bridgehead atoms. The van der Waals surface area contributed by atoms with E-state index in [-0.39, 0.29) is 19.1 Å². The van der Waals surface area contributed by atoms with Gasteiger partial charge >= 0.3 is 11.9 Å². The van der Waals surface area contributed by atoms with Crippen LogP contribution in [0, 0.1) is 11.8 Å². The number of rotatable bonds is 6. The molecule has 2 atom stereocenters. The van der Waals surface area contributed by atoms with Crippen molar-refractivity contribution in [3.8, 4) is 0 Å². The number of carbonyl (C=O) groups is 2. The molecule has 0 aromatic heterocycles. The molecule has 0 heterocycles. The molecule has 116 valence electrons. The number of ether oxygens (including phenoxy) is 2. The molecule has 1 fully saturated rings. The number of aliphatic hydroxyl groups is 1. The van der Waals surface area contributed by atoms with Gasteiger partial charge in [-0.05, 0) is 32.6 Å². The predicted molar refractivity (Wildman–Crippen MR) is 74.0 cm³/mol. The SMILES string of the molecule is CCOC(=O)C(C(=O)OCC)C1(O)CCCCC1CC. The summed E-state index contributed by atoms with van der Waals surface area (Å²) in [6.07, 6.45) is 3.81. The molecule has 20 heavy (non-hydrogen) atoms. The lowest BCUT2D eigenvalue weighted by molar-refractivity contribution is -0.183. The second-order valence-electron chi connectivity index (χ2n) is 5.28. The second kappa shape index (κ2) is 7.62. The summed E-state index contributed by atoms with van der Waals surface area (Å²) in [6, 6.07) is 0. The molecule has 0 aromatic rings. The van der Waals surface area contributed by atoms with E-state index in [9.17, 15) is 14.7 Å². The van der Waals surface area contributed by atoms with Crippen LogP contribution in [0.15, 0.2) is 0 Å². The van der Waals surface area contributed by atoms with Gasteiger partial charge in [-0.2, -0.15) is 0 Å². The van der Waals surface area contributed by atoms with E-state index in [1.54, 1.807) is 13.8 Å². The van der Waals surface area contributed by atoms with Gasteiger partial charge in [0.15, 0.2) is 5.92 Å². The van der Waals surface area contributed by atoms with E-state index >= 15 is 0 Å². The van der Waals surface area contributed by atoms with Crippen LogP contribution in [0.3, 0.4) is 0 Å². The van der Waals surface area contributed by atoms with E-state index in [1.165, 1.54) is 0 Å². The summed E-state index contributed by atoms with van der Waals surface area (Å²) >= 11 is 0. The molecule has 1 saturated carbocycles. The van der Waals surface area contributed by atoms with E-state index in [1.807, 2.05) is 6.92 Å². The second-order valence-corrected chi connectivity index (χ2v) is 5.28. The summed E-state index contributed by atoms with van der Waals surface area (Å²) in [7, 11) is 0. The van der Waals surface area contributed by atoms with Crippen molar-refractivity contribution in [2.45, 2.75) is 58.5 Å². The Morgan fingerprint density at radius 2 is 1.70 bits per heavy atom. The third kappa shape index (κ3) is 3.51. The fraction of sp³-hybridized carbons (Fsp3) is 0.867. The van der Waals surface area contributed by atoms with Crippen LogP contribution < -0.4 is 0 Å². The predicted octanol–water partition coefficient (Wildman–Crippen LogP) is 2.06. The topological polar surface area (TPSA) is 72.8 Å². The first kappa shape index (κ1) is 17.0. The molecule has 5 heteroatoms. The first-order valence-electron chi connectivity index (χ1n) is 7.56. The minimum atomic E-state index is -1.34. The summed E-state index contributed by atoms with van der Waals surface area (Å²) in [5, 5.41) is 11.0. The Morgan fingerprint density at radius 1 is 1.15 bits per heavy atom. The van der Waals surface area contributed by atoms with Gasteiger partial charge in [0.2, 0.25) is 0 Å². The van der Waals surface area contributed by atoms with Crippen LogP contribution in [0.5, 0.6) is 0 Å². The lowest BCUT2D eigenvalue weighted by Gasteiger charge is -2.42. The van der Waals surface area contributed by atoms with Gasteiger partial charge in [-0.1, -0.05) is 26.2 Å². The maximum Gasteiger partial charge on any atom is 0.323 e. The largest absolute Gasteiger partial charge is 0.465 e. The third-order valence-electron chi connectivity index (χ3n) is 4.12. The highest BCUT2D eigenvalue weighted by Gasteiger charge is 2.53. The monoisotopic (exact) mass is 286 g/mol. The molecule has 0 saturated heterocycles. The Kier molecular flexibility index (Phi) is 6.46. The summed E-state index contributed by atoms with van der Waals surface area (Å²) in [5.41, 5.74) is -1.34. The van der Waals surface area contributed by atoms with Gasteiger partial charge in [0.25, 0.3) is 0 Å². The average Bonchev–Trinajstić information content (AvgIpc) is 2.39. The molecule has 5 nitrogen and oxygen atoms in total. The molecule has 0 aromatic carbocycles. The minimum Gasteiger partial charge on any atom is -0.465 e. The third-order valence-corrected chi connectivity index (χ3v) is 4.12. The first-order chi connectivity index (χ1) is 9.51. The Balaban J connectivity index is 3.05. The van der Waals surface area contributed by atoms with Crippen molar-refractivity contribution in [3.05, 3.63) is 0 Å². The molecular formula is C15H26O5. The summed E-state index contributed by atoms with van der Waals surface area (Å²) < 4.78 is 9.97. The van der Waals surface area contributed by atoms with Crippen LogP contribution in [-0.4, -0.2) is 35.9 Å². The van der Waals surface area contributed by atoms with Gasteiger partial charge < -0.3 is 14.6 Å². The fourth-order valence-electron chi connectivity index (χ4n) is 3.15. The minimum absolute atomic E-state index is 0.0740. The molecule has 1 N–H and O–H groups in total. The molecule has 0 spiro atoms. The summed E-state index contributed by atoms with van der Waals surface area (Å²) in [6.45, 7) is 5.70. The maximum absolute atomic E-state index is 12.1. The van der Waals surface area contributed by atoms with Crippen LogP contribution >= 0.6 is 0 Å². The van der Waals surface area contributed by atoms with Crippen LogP contribution in [0.4, 0.5) is 0 Å². The molecule has 0 radical (unpaired) electrons. The average molecular weight is 286 g/mol. The summed E-state index contributed by atoms with van der Waals surface area (Å²) in [5.74, 6) is -2.65. The number of carbonyl (C=O) groups excluding carboxylic acids is 2. The zero-order valence-corrected chi connectivity index (χ0v) is 12.7. The number of hydrogen-bond donors (Lipinski definition) is 1. The molecule has 1 rings (SSSR count). The van der Waals surface area contributed by atoms with Gasteiger partial charge in [-0.25, -0.2) is 0 Å². The molecule has 1 aliphatic carbocycles. The Labute approximate surface area is 120 Å². The lowest BCUT2D eigenvalue weighted by atomic mass is 9.67. The van der Waals surface area contributed by atoms with E-state index in [0.717, 1.165) is 25.7 Å². The van der Waals surface area contributed by atoms with Crippen molar-refractivity contribution in [2.24, 2.45) is 11.8 Å². The van der Waals surface area contributed by atoms with Crippen molar-refractivity contribution >= 4 is 11.9 Å². The zero-order valence-electron chi connectivity index (χ0n) is 12.7. The number of hydrogen-bond acceptors (Lipinski definition) is 5. The van der Waals surface area contributed by atoms with Gasteiger partial charge in [-0.3, -0.25) is 9.59 Å². The maximum atomic E-state index is 12.1. The van der Waals surface area contributed by atoms with Crippen molar-refractivity contribution < 1.29 is 24.2 Å².